The Balaban J connectivity index is 1.26. The van der Waals surface area contributed by atoms with Crippen molar-refractivity contribution in [2.75, 3.05) is 40.4 Å². The number of benzene rings is 2. The smallest absolute Gasteiger partial charge is 0.317 e. The van der Waals surface area contributed by atoms with Gasteiger partial charge in [-0.3, -0.25) is 4.90 Å². The second kappa shape index (κ2) is 8.92. The summed E-state index contributed by atoms with van der Waals surface area (Å²) in [7, 11) is 3.32. The monoisotopic (exact) mass is 413 g/mol. The third-order valence-electron chi connectivity index (χ3n) is 5.92. The lowest BCUT2D eigenvalue weighted by Crippen LogP contribution is -2.51. The molecule has 2 aliphatic rings. The summed E-state index contributed by atoms with van der Waals surface area (Å²) in [6, 6.07) is 12.5. The minimum atomic E-state index is -0.228. The number of carbonyl (C=O) groups is 1. The molecule has 2 aromatic rings. The van der Waals surface area contributed by atoms with Crippen molar-refractivity contribution < 1.29 is 18.7 Å². The summed E-state index contributed by atoms with van der Waals surface area (Å²) in [4.78, 5) is 16.8. The average molecular weight is 413 g/mol. The van der Waals surface area contributed by atoms with Gasteiger partial charge in [0.05, 0.1) is 14.2 Å². The molecule has 1 aliphatic carbocycles. The van der Waals surface area contributed by atoms with Crippen LogP contribution in [0.25, 0.3) is 0 Å². The lowest BCUT2D eigenvalue weighted by atomic mass is 10.1. The zero-order valence-corrected chi connectivity index (χ0v) is 17.4. The van der Waals surface area contributed by atoms with E-state index in [4.69, 9.17) is 9.47 Å². The van der Waals surface area contributed by atoms with Gasteiger partial charge in [-0.15, -0.1) is 0 Å². The number of ether oxygens (including phenoxy) is 2. The van der Waals surface area contributed by atoms with Gasteiger partial charge in [-0.25, -0.2) is 9.18 Å². The number of hydrogen-bond acceptors (Lipinski definition) is 4. The summed E-state index contributed by atoms with van der Waals surface area (Å²) in [6.45, 7) is 3.70. The summed E-state index contributed by atoms with van der Waals surface area (Å²) in [5.74, 6) is 1.63. The Bertz CT molecular complexity index is 899. The molecule has 0 bridgehead atoms. The molecular weight excluding hydrogens is 385 g/mol. The number of carbonyl (C=O) groups excluding carboxylic acids is 1. The Labute approximate surface area is 176 Å². The van der Waals surface area contributed by atoms with Gasteiger partial charge in [0.2, 0.25) is 0 Å². The van der Waals surface area contributed by atoms with Gasteiger partial charge in [-0.2, -0.15) is 0 Å². The zero-order valence-electron chi connectivity index (χ0n) is 17.4. The molecule has 2 atom stereocenters. The highest BCUT2D eigenvalue weighted by molar-refractivity contribution is 5.75. The van der Waals surface area contributed by atoms with E-state index in [1.165, 1.54) is 6.07 Å². The Kier molecular flexibility index (Phi) is 6.08. The number of methoxy groups -OCH3 is 2. The minimum Gasteiger partial charge on any atom is -0.497 e. The van der Waals surface area contributed by atoms with E-state index in [0.717, 1.165) is 48.7 Å². The Hall–Kier alpha value is -2.80. The average Bonchev–Trinajstić information content (AvgIpc) is 3.53. The fraction of sp³-hybridized carbons (Fsp3) is 0.435. The molecule has 30 heavy (non-hydrogen) atoms. The molecule has 7 heteroatoms. The van der Waals surface area contributed by atoms with E-state index in [-0.39, 0.29) is 23.8 Å². The number of halogens is 1. The quantitative estimate of drug-likeness (QED) is 0.790. The highest BCUT2D eigenvalue weighted by Crippen LogP contribution is 2.41. The van der Waals surface area contributed by atoms with Crippen LogP contribution in [0.1, 0.15) is 23.5 Å². The number of amides is 2. The van der Waals surface area contributed by atoms with Crippen LogP contribution in [0.2, 0.25) is 0 Å². The van der Waals surface area contributed by atoms with Crippen molar-refractivity contribution in [2.24, 2.45) is 0 Å². The number of nitrogens with one attached hydrogen (secondary N) is 1. The molecule has 0 radical (unpaired) electrons. The fourth-order valence-corrected chi connectivity index (χ4v) is 4.07. The van der Waals surface area contributed by atoms with Gasteiger partial charge in [-0.05, 0) is 42.3 Å². The molecule has 0 spiro atoms. The maximum Gasteiger partial charge on any atom is 0.317 e. The van der Waals surface area contributed by atoms with Gasteiger partial charge in [0.1, 0.15) is 17.3 Å². The van der Waals surface area contributed by atoms with Gasteiger partial charge in [0.25, 0.3) is 0 Å². The summed E-state index contributed by atoms with van der Waals surface area (Å²) < 4.78 is 24.2. The molecule has 160 valence electrons. The summed E-state index contributed by atoms with van der Waals surface area (Å²) >= 11 is 0. The first-order valence-corrected chi connectivity index (χ1v) is 10.3. The molecule has 1 aliphatic heterocycles. The molecule has 6 nitrogen and oxygen atoms in total. The van der Waals surface area contributed by atoms with Crippen LogP contribution < -0.4 is 14.8 Å². The van der Waals surface area contributed by atoms with E-state index in [1.54, 1.807) is 26.4 Å². The van der Waals surface area contributed by atoms with Crippen LogP contribution in [0.15, 0.2) is 42.5 Å². The normalized spacial score (nSPS) is 21.2. The maximum absolute atomic E-state index is 13.4. The van der Waals surface area contributed by atoms with Gasteiger partial charge in [0, 0.05) is 50.2 Å². The lowest BCUT2D eigenvalue weighted by Gasteiger charge is -2.35. The molecule has 2 unspecified atom stereocenters. The number of rotatable bonds is 6. The van der Waals surface area contributed by atoms with Gasteiger partial charge >= 0.3 is 6.03 Å². The van der Waals surface area contributed by atoms with E-state index in [1.807, 2.05) is 29.2 Å². The highest BCUT2D eigenvalue weighted by atomic mass is 19.1. The van der Waals surface area contributed by atoms with Gasteiger partial charge in [0.15, 0.2) is 0 Å². The maximum atomic E-state index is 13.4. The van der Waals surface area contributed by atoms with E-state index in [0.29, 0.717) is 13.1 Å². The van der Waals surface area contributed by atoms with Crippen molar-refractivity contribution in [2.45, 2.75) is 24.9 Å². The summed E-state index contributed by atoms with van der Waals surface area (Å²) in [5.41, 5.74) is 2.03. The predicted octanol–water partition coefficient (Wildman–Crippen LogP) is 3.23. The molecule has 1 heterocycles. The third-order valence-corrected chi connectivity index (χ3v) is 5.92. The van der Waals surface area contributed by atoms with Crippen LogP contribution >= 0.6 is 0 Å². The first-order chi connectivity index (χ1) is 14.6. The van der Waals surface area contributed by atoms with E-state index < -0.39 is 0 Å². The summed E-state index contributed by atoms with van der Waals surface area (Å²) in [5, 5.41) is 3.10. The van der Waals surface area contributed by atoms with Crippen LogP contribution in [0.3, 0.4) is 0 Å². The van der Waals surface area contributed by atoms with Crippen molar-refractivity contribution >= 4 is 6.03 Å². The molecule has 0 aromatic heterocycles. The number of hydrogen-bond donors (Lipinski definition) is 1. The molecule has 2 amide bonds. The molecular formula is C23H28FN3O3. The van der Waals surface area contributed by atoms with E-state index in [9.17, 15) is 9.18 Å². The number of nitrogens with zero attached hydrogens (tertiary/aromatic N) is 2. The number of urea groups is 1. The topological polar surface area (TPSA) is 54.0 Å². The molecule has 4 rings (SSSR count). The Morgan fingerprint density at radius 3 is 2.60 bits per heavy atom. The van der Waals surface area contributed by atoms with Gasteiger partial charge < -0.3 is 19.7 Å². The van der Waals surface area contributed by atoms with Crippen LogP contribution in [-0.4, -0.2) is 62.3 Å². The highest BCUT2D eigenvalue weighted by Gasteiger charge is 2.40. The molecule has 1 saturated heterocycles. The van der Waals surface area contributed by atoms with Gasteiger partial charge in [-0.1, -0.05) is 12.1 Å². The van der Waals surface area contributed by atoms with Crippen molar-refractivity contribution in [3.8, 4) is 11.5 Å². The zero-order chi connectivity index (χ0) is 21.1. The second-order valence-electron chi connectivity index (χ2n) is 7.89. The molecule has 2 aromatic carbocycles. The predicted molar refractivity (Wildman–Crippen MR) is 112 cm³/mol. The largest absolute Gasteiger partial charge is 0.497 e. The Morgan fingerprint density at radius 1 is 1.10 bits per heavy atom. The molecule has 1 saturated carbocycles. The van der Waals surface area contributed by atoms with Crippen molar-refractivity contribution in [3.63, 3.8) is 0 Å². The van der Waals surface area contributed by atoms with Crippen molar-refractivity contribution in [1.29, 1.82) is 0 Å². The van der Waals surface area contributed by atoms with Crippen molar-refractivity contribution in [1.82, 2.24) is 15.1 Å². The molecule has 1 N–H and O–H groups in total. The Morgan fingerprint density at radius 2 is 1.90 bits per heavy atom. The lowest BCUT2D eigenvalue weighted by molar-refractivity contribution is 0.134. The van der Waals surface area contributed by atoms with Crippen LogP contribution in [-0.2, 0) is 6.54 Å². The van der Waals surface area contributed by atoms with E-state index in [2.05, 4.69) is 10.2 Å². The standard InChI is InChI=1S/C23H28FN3O3/c1-29-19-6-7-22(30-2)17(13-19)15-26-8-10-27(11-9-26)23(28)25-21-14-20(21)16-4-3-5-18(24)12-16/h3-7,12-13,20-21H,8-11,14-15H2,1-2H3,(H,25,28). The SMILES string of the molecule is COc1ccc(OC)c(CN2CCN(C(=O)NC3CC3c3cccc(F)c3)CC2)c1. The summed E-state index contributed by atoms with van der Waals surface area (Å²) in [6.07, 6.45) is 0.866. The first-order valence-electron chi connectivity index (χ1n) is 10.3. The van der Waals surface area contributed by atoms with Crippen molar-refractivity contribution in [3.05, 3.63) is 59.4 Å². The number of piperazine rings is 1. The second-order valence-corrected chi connectivity index (χ2v) is 7.89. The fourth-order valence-electron chi connectivity index (χ4n) is 4.07. The van der Waals surface area contributed by atoms with E-state index >= 15 is 0 Å². The first kappa shape index (κ1) is 20.5. The third kappa shape index (κ3) is 4.67. The molecule has 2 fully saturated rings. The van der Waals surface area contributed by atoms with Crippen LogP contribution in [0.4, 0.5) is 9.18 Å². The minimum absolute atomic E-state index is 0.0301. The van der Waals surface area contributed by atoms with Crippen LogP contribution in [0.5, 0.6) is 11.5 Å². The van der Waals surface area contributed by atoms with Crippen LogP contribution in [0, 0.1) is 5.82 Å².